The van der Waals surface area contributed by atoms with Crippen molar-refractivity contribution < 1.29 is 17.2 Å². The Hall–Kier alpha value is -1.54. The summed E-state index contributed by atoms with van der Waals surface area (Å²) in [6.07, 6.45) is 4.18. The molecule has 0 spiro atoms. The molecule has 0 aromatic heterocycles. The molecule has 4 rings (SSSR count). The number of fused-ring (bicyclic) bond motifs is 1. The zero-order chi connectivity index (χ0) is 20.6. The Morgan fingerprint density at radius 3 is 2.43 bits per heavy atom. The molecule has 0 radical (unpaired) electrons. The highest BCUT2D eigenvalue weighted by atomic mass is 35.5. The Bertz CT molecular complexity index is 1010. The first-order chi connectivity index (χ1) is 13.8. The molecule has 0 bridgehead atoms. The average molecular weight is 457 g/mol. The van der Waals surface area contributed by atoms with Crippen LogP contribution in [0.5, 0.6) is 0 Å². The van der Waals surface area contributed by atoms with E-state index < -0.39 is 21.7 Å². The Kier molecular flexibility index (Phi) is 7.17. The van der Waals surface area contributed by atoms with Crippen molar-refractivity contribution in [1.29, 1.82) is 0 Å². The van der Waals surface area contributed by atoms with Crippen LogP contribution in [-0.4, -0.2) is 20.2 Å². The number of aryl methyl sites for hydroxylation is 1. The summed E-state index contributed by atoms with van der Waals surface area (Å²) in [5, 5.41) is 0. The van der Waals surface area contributed by atoms with E-state index in [9.17, 15) is 17.2 Å². The first-order valence-electron chi connectivity index (χ1n) is 10.1. The molecule has 0 saturated heterocycles. The van der Waals surface area contributed by atoms with E-state index >= 15 is 0 Å². The predicted molar refractivity (Wildman–Crippen MR) is 116 cm³/mol. The molecule has 164 valence electrons. The van der Waals surface area contributed by atoms with Gasteiger partial charge in [0, 0.05) is 18.5 Å². The minimum absolute atomic E-state index is 0. The minimum atomic E-state index is -3.27. The van der Waals surface area contributed by atoms with E-state index in [4.69, 9.17) is 5.73 Å². The lowest BCUT2D eigenvalue weighted by molar-refractivity contribution is 0.463. The number of benzene rings is 2. The second kappa shape index (κ2) is 9.30. The van der Waals surface area contributed by atoms with Crippen molar-refractivity contribution in [2.75, 3.05) is 5.75 Å². The van der Waals surface area contributed by atoms with Crippen LogP contribution in [0.2, 0.25) is 0 Å². The summed E-state index contributed by atoms with van der Waals surface area (Å²) in [6, 6.07) is 9.87. The van der Waals surface area contributed by atoms with E-state index in [1.165, 1.54) is 11.6 Å². The molecule has 4 nitrogen and oxygen atoms in total. The van der Waals surface area contributed by atoms with Crippen LogP contribution in [0.25, 0.3) is 0 Å². The maximum atomic E-state index is 13.6. The van der Waals surface area contributed by atoms with Crippen molar-refractivity contribution in [1.82, 2.24) is 4.72 Å². The fourth-order valence-corrected chi connectivity index (χ4v) is 5.57. The summed E-state index contributed by atoms with van der Waals surface area (Å²) in [6.45, 7) is 0.246. The molecule has 0 heterocycles. The maximum absolute atomic E-state index is 13.6. The Morgan fingerprint density at radius 1 is 1.00 bits per heavy atom. The van der Waals surface area contributed by atoms with Gasteiger partial charge in [0.25, 0.3) is 0 Å². The summed E-state index contributed by atoms with van der Waals surface area (Å²) in [5.74, 6) is -1.24. The predicted octanol–water partition coefficient (Wildman–Crippen LogP) is 3.82. The van der Waals surface area contributed by atoms with Crippen LogP contribution in [0.3, 0.4) is 0 Å². The summed E-state index contributed by atoms with van der Waals surface area (Å²) < 4.78 is 53.9. The van der Waals surface area contributed by atoms with Crippen LogP contribution < -0.4 is 10.5 Å². The molecule has 2 aliphatic rings. The largest absolute Gasteiger partial charge is 0.327 e. The smallest absolute Gasteiger partial charge is 0.212 e. The number of nitrogens with two attached hydrogens (primary N) is 1. The molecule has 3 N–H and O–H groups in total. The van der Waals surface area contributed by atoms with Crippen molar-refractivity contribution >= 4 is 22.4 Å². The molecule has 2 atom stereocenters. The lowest BCUT2D eigenvalue weighted by atomic mass is 9.76. The lowest BCUT2D eigenvalue weighted by Gasteiger charge is -2.32. The highest BCUT2D eigenvalue weighted by Gasteiger charge is 2.29. The van der Waals surface area contributed by atoms with Crippen LogP contribution in [0.1, 0.15) is 47.4 Å². The third kappa shape index (κ3) is 5.58. The van der Waals surface area contributed by atoms with Crippen molar-refractivity contribution in [3.05, 3.63) is 70.3 Å². The van der Waals surface area contributed by atoms with E-state index in [0.717, 1.165) is 42.9 Å². The van der Waals surface area contributed by atoms with Crippen LogP contribution >= 0.6 is 12.4 Å². The number of nitrogens with one attached hydrogen (secondary N) is 1. The van der Waals surface area contributed by atoms with Crippen molar-refractivity contribution in [3.63, 3.8) is 0 Å². The van der Waals surface area contributed by atoms with E-state index in [1.807, 2.05) is 18.2 Å². The van der Waals surface area contributed by atoms with E-state index in [0.29, 0.717) is 17.9 Å². The summed E-state index contributed by atoms with van der Waals surface area (Å²) in [5.41, 5.74) is 10.2. The number of sulfonamides is 1. The normalized spacial score (nSPS) is 21.0. The van der Waals surface area contributed by atoms with E-state index in [2.05, 4.69) is 4.72 Å². The lowest BCUT2D eigenvalue weighted by Crippen LogP contribution is -2.34. The van der Waals surface area contributed by atoms with Gasteiger partial charge in [-0.3, -0.25) is 0 Å². The molecule has 8 heteroatoms. The average Bonchev–Trinajstić information content (AvgIpc) is 3.48. The molecular formula is C22H27ClF2N2O2S. The fourth-order valence-electron chi connectivity index (χ4n) is 4.11. The number of hydrogen-bond acceptors (Lipinski definition) is 3. The summed E-state index contributed by atoms with van der Waals surface area (Å²) >= 11 is 0. The molecule has 0 amide bonds. The second-order valence-corrected chi connectivity index (χ2v) is 10.2. The molecule has 2 aromatic rings. The number of halogens is 3. The highest BCUT2D eigenvalue weighted by molar-refractivity contribution is 7.89. The summed E-state index contributed by atoms with van der Waals surface area (Å²) in [4.78, 5) is 0. The third-order valence-electron chi connectivity index (χ3n) is 5.96. The molecule has 0 aliphatic heterocycles. The quantitative estimate of drug-likeness (QED) is 0.665. The Morgan fingerprint density at radius 2 is 1.73 bits per heavy atom. The molecular weight excluding hydrogens is 430 g/mol. The van der Waals surface area contributed by atoms with Gasteiger partial charge in [-0.15, -0.1) is 12.4 Å². The number of hydrogen-bond donors (Lipinski definition) is 2. The molecule has 2 aliphatic carbocycles. The van der Waals surface area contributed by atoms with Gasteiger partial charge in [-0.05, 0) is 72.4 Å². The Balaban J connectivity index is 0.00000256. The fraction of sp³-hybridized carbons (Fsp3) is 0.455. The van der Waals surface area contributed by atoms with Crippen molar-refractivity contribution in [2.45, 2.75) is 50.6 Å². The molecule has 1 fully saturated rings. The zero-order valence-electron chi connectivity index (χ0n) is 16.6. The first-order valence-corrected chi connectivity index (χ1v) is 11.7. The van der Waals surface area contributed by atoms with Gasteiger partial charge in [0.15, 0.2) is 11.6 Å². The summed E-state index contributed by atoms with van der Waals surface area (Å²) in [7, 11) is -3.27. The van der Waals surface area contributed by atoms with Crippen LogP contribution in [0.15, 0.2) is 36.4 Å². The maximum Gasteiger partial charge on any atom is 0.212 e. The molecule has 2 unspecified atom stereocenters. The van der Waals surface area contributed by atoms with E-state index in [-0.39, 0.29) is 36.7 Å². The van der Waals surface area contributed by atoms with Crippen molar-refractivity contribution in [3.8, 4) is 0 Å². The van der Waals surface area contributed by atoms with Crippen molar-refractivity contribution in [2.24, 2.45) is 11.7 Å². The van der Waals surface area contributed by atoms with Crippen LogP contribution in [0, 0.1) is 17.6 Å². The monoisotopic (exact) mass is 456 g/mol. The number of rotatable bonds is 7. The van der Waals surface area contributed by atoms with E-state index in [1.54, 1.807) is 6.07 Å². The van der Waals surface area contributed by atoms with Gasteiger partial charge in [0.2, 0.25) is 10.0 Å². The van der Waals surface area contributed by atoms with Crippen LogP contribution in [0.4, 0.5) is 8.78 Å². The molecule has 2 aromatic carbocycles. The van der Waals surface area contributed by atoms with Gasteiger partial charge < -0.3 is 5.73 Å². The Labute approximate surface area is 182 Å². The van der Waals surface area contributed by atoms with Gasteiger partial charge in [-0.1, -0.05) is 24.3 Å². The second-order valence-electron chi connectivity index (χ2n) is 8.34. The standard InChI is InChI=1S/C22H26F2N2O2S.ClH/c23-20-7-4-15(11-21(20)24)9-19-18-10-16(3-5-17(18)6-8-22(19)25)12-26-29(27,28)13-14-1-2-14;/h3-5,7,10-11,14,19,22,26H,1-2,6,8-9,12-13,25H2;1H. The molecule has 1 saturated carbocycles. The SMILES string of the molecule is Cl.NC1CCc2ccc(CNS(=O)(=O)CC3CC3)cc2C1Cc1ccc(F)c(F)c1. The van der Waals surface area contributed by atoms with Gasteiger partial charge >= 0.3 is 0 Å². The topological polar surface area (TPSA) is 72.2 Å². The van der Waals surface area contributed by atoms with Gasteiger partial charge in [0.05, 0.1) is 5.75 Å². The molecule has 30 heavy (non-hydrogen) atoms. The van der Waals surface area contributed by atoms with Crippen LogP contribution in [-0.2, 0) is 29.4 Å². The third-order valence-corrected chi connectivity index (χ3v) is 7.46. The highest BCUT2D eigenvalue weighted by Crippen LogP contribution is 2.35. The first kappa shape index (κ1) is 23.1. The van der Waals surface area contributed by atoms with Gasteiger partial charge in [-0.2, -0.15) is 0 Å². The van der Waals surface area contributed by atoms with Gasteiger partial charge in [-0.25, -0.2) is 21.9 Å². The van der Waals surface area contributed by atoms with Gasteiger partial charge in [0.1, 0.15) is 0 Å². The zero-order valence-corrected chi connectivity index (χ0v) is 18.2. The minimum Gasteiger partial charge on any atom is -0.327 e.